The number of piperazine rings is 1. The lowest BCUT2D eigenvalue weighted by Gasteiger charge is -2.36. The van der Waals surface area contributed by atoms with Crippen LogP contribution in [0, 0.1) is 0 Å². The van der Waals surface area contributed by atoms with E-state index in [1.165, 1.54) is 0 Å². The second-order valence-electron chi connectivity index (χ2n) is 8.80. The summed E-state index contributed by atoms with van der Waals surface area (Å²) in [6.07, 6.45) is 5.25. The van der Waals surface area contributed by atoms with E-state index in [1.807, 2.05) is 53.2 Å². The highest BCUT2D eigenvalue weighted by Crippen LogP contribution is 2.32. The zero-order chi connectivity index (χ0) is 25.2. The maximum absolute atomic E-state index is 5.48. The van der Waals surface area contributed by atoms with Crippen LogP contribution in [0.2, 0.25) is 0 Å². The van der Waals surface area contributed by atoms with Crippen molar-refractivity contribution in [3.8, 4) is 34.0 Å². The lowest BCUT2D eigenvalue weighted by atomic mass is 10.1. The second-order valence-corrected chi connectivity index (χ2v) is 8.80. The zero-order valence-corrected chi connectivity index (χ0v) is 20.8. The molecule has 0 unspecified atom stereocenters. The van der Waals surface area contributed by atoms with Gasteiger partial charge in [-0.15, -0.1) is 0 Å². The summed E-state index contributed by atoms with van der Waals surface area (Å²) in [5, 5.41) is 4.99. The van der Waals surface area contributed by atoms with E-state index in [0.717, 1.165) is 66.0 Å². The predicted molar refractivity (Wildman–Crippen MR) is 143 cm³/mol. The highest BCUT2D eigenvalue weighted by molar-refractivity contribution is 5.72. The fourth-order valence-electron chi connectivity index (χ4n) is 4.66. The first-order chi connectivity index (χ1) is 18.2. The number of methoxy groups -OCH3 is 2. The molecule has 0 atom stereocenters. The molecule has 6 rings (SSSR count). The summed E-state index contributed by atoms with van der Waals surface area (Å²) >= 11 is 0. The molecule has 1 aliphatic heterocycles. The van der Waals surface area contributed by atoms with Gasteiger partial charge in [-0.3, -0.25) is 4.98 Å². The molecule has 0 bridgehead atoms. The van der Waals surface area contributed by atoms with Crippen molar-refractivity contribution in [2.75, 3.05) is 50.2 Å². The average Bonchev–Trinajstić information content (AvgIpc) is 3.42. The van der Waals surface area contributed by atoms with E-state index in [1.54, 1.807) is 26.6 Å². The van der Waals surface area contributed by atoms with Gasteiger partial charge in [0.1, 0.15) is 23.1 Å². The first kappa shape index (κ1) is 22.8. The van der Waals surface area contributed by atoms with Crippen LogP contribution >= 0.6 is 0 Å². The molecule has 37 heavy (non-hydrogen) atoms. The fraction of sp³-hybridized carbons (Fsp3) is 0.214. The first-order valence-electron chi connectivity index (χ1n) is 12.2. The van der Waals surface area contributed by atoms with Gasteiger partial charge in [0.2, 0.25) is 0 Å². The quantitative estimate of drug-likeness (QED) is 0.348. The van der Waals surface area contributed by atoms with E-state index in [-0.39, 0.29) is 0 Å². The molecule has 0 amide bonds. The number of ether oxygens (including phenoxy) is 2. The summed E-state index contributed by atoms with van der Waals surface area (Å²) in [6, 6.07) is 20.2. The minimum atomic E-state index is 0.713. The Morgan fingerprint density at radius 2 is 1.46 bits per heavy atom. The van der Waals surface area contributed by atoms with Gasteiger partial charge in [-0.2, -0.15) is 9.61 Å². The van der Waals surface area contributed by atoms with Crippen molar-refractivity contribution in [1.29, 1.82) is 0 Å². The number of aromatic nitrogens is 5. The molecule has 1 aliphatic rings. The Hall–Kier alpha value is -4.66. The molecule has 0 N–H and O–H groups in total. The molecule has 4 heterocycles. The van der Waals surface area contributed by atoms with E-state index in [2.05, 4.69) is 38.0 Å². The number of hydrogen-bond donors (Lipinski definition) is 0. The summed E-state index contributed by atoms with van der Waals surface area (Å²) in [4.78, 5) is 18.3. The SMILES string of the molecule is COc1cc(OC)cc(-c2cc3nc(-c4ccccc4)cc(N4CCN(c5cnccn5)CC4)n3n2)c1. The van der Waals surface area contributed by atoms with Gasteiger partial charge in [-0.1, -0.05) is 30.3 Å². The van der Waals surface area contributed by atoms with Crippen LogP contribution in [0.1, 0.15) is 0 Å². The molecule has 3 aromatic heterocycles. The van der Waals surface area contributed by atoms with Gasteiger partial charge in [0.15, 0.2) is 5.65 Å². The maximum atomic E-state index is 5.48. The Kier molecular flexibility index (Phi) is 6.02. The smallest absolute Gasteiger partial charge is 0.158 e. The van der Waals surface area contributed by atoms with Gasteiger partial charge < -0.3 is 19.3 Å². The van der Waals surface area contributed by atoms with Gasteiger partial charge in [0.25, 0.3) is 0 Å². The van der Waals surface area contributed by atoms with Gasteiger partial charge >= 0.3 is 0 Å². The van der Waals surface area contributed by atoms with Gasteiger partial charge in [-0.05, 0) is 12.1 Å². The Labute approximate surface area is 214 Å². The number of nitrogens with zero attached hydrogens (tertiary/aromatic N) is 7. The standard InChI is InChI=1S/C28H27N7O2/c1-36-22-14-21(15-23(16-22)37-2)25-17-26-31-24(20-6-4-3-5-7-20)18-28(35(26)32-25)34-12-10-33(11-13-34)27-19-29-8-9-30-27/h3-9,14-19H,10-13H2,1-2H3. The van der Waals surface area contributed by atoms with Crippen molar-refractivity contribution in [2.24, 2.45) is 0 Å². The van der Waals surface area contributed by atoms with Crippen molar-refractivity contribution >= 4 is 17.3 Å². The number of benzene rings is 2. The summed E-state index contributed by atoms with van der Waals surface area (Å²) < 4.78 is 12.9. The summed E-state index contributed by atoms with van der Waals surface area (Å²) in [7, 11) is 3.30. The molecule has 9 heteroatoms. The molecule has 0 radical (unpaired) electrons. The molecular formula is C28H27N7O2. The molecule has 0 spiro atoms. The third-order valence-electron chi connectivity index (χ3n) is 6.60. The van der Waals surface area contributed by atoms with E-state index >= 15 is 0 Å². The number of hydrogen-bond acceptors (Lipinski definition) is 8. The minimum absolute atomic E-state index is 0.713. The fourth-order valence-corrected chi connectivity index (χ4v) is 4.66. The molecule has 2 aromatic carbocycles. The topological polar surface area (TPSA) is 80.9 Å². The number of anilines is 2. The van der Waals surface area contributed by atoms with Crippen LogP contribution in [0.4, 0.5) is 11.6 Å². The first-order valence-corrected chi connectivity index (χ1v) is 12.2. The highest BCUT2D eigenvalue weighted by Gasteiger charge is 2.22. The summed E-state index contributed by atoms with van der Waals surface area (Å²) in [5.41, 5.74) is 4.46. The Morgan fingerprint density at radius 3 is 2.14 bits per heavy atom. The Morgan fingerprint density at radius 1 is 0.730 bits per heavy atom. The Balaban J connectivity index is 1.41. The van der Waals surface area contributed by atoms with Crippen LogP contribution in [0.3, 0.4) is 0 Å². The number of rotatable bonds is 6. The Bertz CT molecular complexity index is 1490. The molecule has 186 valence electrons. The van der Waals surface area contributed by atoms with E-state index in [0.29, 0.717) is 11.5 Å². The van der Waals surface area contributed by atoms with Crippen LogP contribution in [-0.4, -0.2) is 65.0 Å². The molecule has 0 saturated carbocycles. The molecule has 1 fully saturated rings. The van der Waals surface area contributed by atoms with Crippen LogP contribution in [0.15, 0.2) is 79.3 Å². The average molecular weight is 494 g/mol. The summed E-state index contributed by atoms with van der Waals surface area (Å²) in [5.74, 6) is 3.33. The molecular weight excluding hydrogens is 466 g/mol. The van der Waals surface area contributed by atoms with Crippen molar-refractivity contribution in [2.45, 2.75) is 0 Å². The van der Waals surface area contributed by atoms with Gasteiger partial charge in [0.05, 0.1) is 31.8 Å². The second kappa shape index (κ2) is 9.77. The molecule has 1 saturated heterocycles. The van der Waals surface area contributed by atoms with Crippen molar-refractivity contribution in [3.05, 3.63) is 79.3 Å². The zero-order valence-electron chi connectivity index (χ0n) is 20.8. The molecule has 9 nitrogen and oxygen atoms in total. The third kappa shape index (κ3) is 4.51. The number of fused-ring (bicyclic) bond motifs is 1. The van der Waals surface area contributed by atoms with E-state index in [9.17, 15) is 0 Å². The van der Waals surface area contributed by atoms with Crippen LogP contribution < -0.4 is 19.3 Å². The largest absolute Gasteiger partial charge is 0.497 e. The monoisotopic (exact) mass is 493 g/mol. The lowest BCUT2D eigenvalue weighted by Crippen LogP contribution is -2.47. The van der Waals surface area contributed by atoms with E-state index < -0.39 is 0 Å². The predicted octanol–water partition coefficient (Wildman–Crippen LogP) is 4.20. The van der Waals surface area contributed by atoms with Gasteiger partial charge in [0, 0.05) is 67.9 Å². The highest BCUT2D eigenvalue weighted by atomic mass is 16.5. The lowest BCUT2D eigenvalue weighted by molar-refractivity contribution is 0.394. The van der Waals surface area contributed by atoms with E-state index in [4.69, 9.17) is 19.6 Å². The van der Waals surface area contributed by atoms with Crippen molar-refractivity contribution in [3.63, 3.8) is 0 Å². The van der Waals surface area contributed by atoms with Crippen LogP contribution in [0.5, 0.6) is 11.5 Å². The van der Waals surface area contributed by atoms with Crippen LogP contribution in [-0.2, 0) is 0 Å². The maximum Gasteiger partial charge on any atom is 0.158 e. The molecule has 5 aromatic rings. The van der Waals surface area contributed by atoms with Crippen molar-refractivity contribution in [1.82, 2.24) is 24.6 Å². The van der Waals surface area contributed by atoms with Crippen molar-refractivity contribution < 1.29 is 9.47 Å². The third-order valence-corrected chi connectivity index (χ3v) is 6.60. The normalized spacial score (nSPS) is 13.7. The summed E-state index contributed by atoms with van der Waals surface area (Å²) in [6.45, 7) is 3.33. The van der Waals surface area contributed by atoms with Crippen LogP contribution in [0.25, 0.3) is 28.2 Å². The minimum Gasteiger partial charge on any atom is -0.497 e. The van der Waals surface area contributed by atoms with Gasteiger partial charge in [-0.25, -0.2) is 9.97 Å². The molecule has 0 aliphatic carbocycles.